The van der Waals surface area contributed by atoms with Crippen molar-refractivity contribution in [3.8, 4) is 0 Å². The van der Waals surface area contributed by atoms with Crippen molar-refractivity contribution in [1.82, 2.24) is 5.32 Å². The first-order chi connectivity index (χ1) is 39.0. The summed E-state index contributed by atoms with van der Waals surface area (Å²) in [5.74, 6) is -0.152. The molecule has 0 aliphatic carbocycles. The summed E-state index contributed by atoms with van der Waals surface area (Å²) in [7, 11) is 1.60. The summed E-state index contributed by atoms with van der Waals surface area (Å²) in [6, 6.07) is -0.771. The maximum atomic E-state index is 13.0. The minimum Gasteiger partial charge on any atom is -0.391 e. The number of aliphatic hydroxyl groups excluding tert-OH is 1. The van der Waals surface area contributed by atoms with E-state index < -0.39 is 20.0 Å². The van der Waals surface area contributed by atoms with Crippen molar-refractivity contribution in [2.45, 2.75) is 283 Å². The van der Waals surface area contributed by atoms with Crippen LogP contribution in [-0.4, -0.2) is 73.4 Å². The Hall–Kier alpha value is -3.10. The third-order valence-corrected chi connectivity index (χ3v) is 15.2. The number of carbonyl (C=O) groups excluding carboxylic acids is 1. The highest BCUT2D eigenvalue weighted by Crippen LogP contribution is 2.43. The number of phosphoric acid groups is 1. The van der Waals surface area contributed by atoms with Crippen LogP contribution in [-0.2, 0) is 18.4 Å². The second-order valence-electron chi connectivity index (χ2n) is 23.1. The van der Waals surface area contributed by atoms with Crippen LogP contribution in [0.5, 0.6) is 0 Å². The number of amides is 1. The van der Waals surface area contributed by atoms with Crippen LogP contribution >= 0.6 is 7.82 Å². The lowest BCUT2D eigenvalue weighted by Crippen LogP contribution is -2.46. The van der Waals surface area contributed by atoms with Crippen molar-refractivity contribution in [3.63, 3.8) is 0 Å². The first-order valence-electron chi connectivity index (χ1n) is 32.9. The lowest BCUT2D eigenvalue weighted by molar-refractivity contribution is -0.870. The maximum absolute atomic E-state index is 13.0. The van der Waals surface area contributed by atoms with Crippen LogP contribution in [0.3, 0.4) is 0 Å². The SMILES string of the molecule is CC/C=C\C/C=C\C/C=C\C/C=C\C/C=C\C/C=C\C/C=C\C/C=C\C/C=C\C/C=C\CCCCCCCCCCCCC(=O)NC(COP(=O)(O)OCC[N+](C)(C)C)C(O)CCCCCCCCCCCCCCCCCCC. The van der Waals surface area contributed by atoms with E-state index >= 15 is 0 Å². The molecule has 0 aliphatic heterocycles. The zero-order valence-corrected chi connectivity index (χ0v) is 53.4. The normalized spacial score (nSPS) is 14.5. The van der Waals surface area contributed by atoms with Gasteiger partial charge in [-0.25, -0.2) is 4.57 Å². The molecule has 9 heteroatoms. The summed E-state index contributed by atoms with van der Waals surface area (Å²) in [6.07, 6.45) is 89.9. The zero-order valence-electron chi connectivity index (χ0n) is 52.5. The van der Waals surface area contributed by atoms with Gasteiger partial charge in [0.05, 0.1) is 39.9 Å². The zero-order chi connectivity index (χ0) is 58.4. The van der Waals surface area contributed by atoms with Gasteiger partial charge in [0.25, 0.3) is 0 Å². The molecule has 0 saturated carbocycles. The van der Waals surface area contributed by atoms with Gasteiger partial charge in [0.2, 0.25) is 5.91 Å². The molecule has 0 aromatic rings. The summed E-state index contributed by atoms with van der Waals surface area (Å²) in [5.41, 5.74) is 0. The molecule has 0 bridgehead atoms. The van der Waals surface area contributed by atoms with Crippen molar-refractivity contribution >= 4 is 13.7 Å². The number of rotatable bonds is 59. The molecule has 0 aromatic carbocycles. The molecule has 8 nitrogen and oxygen atoms in total. The van der Waals surface area contributed by atoms with E-state index in [1.165, 1.54) is 135 Å². The predicted molar refractivity (Wildman–Crippen MR) is 350 cm³/mol. The van der Waals surface area contributed by atoms with E-state index in [-0.39, 0.29) is 19.1 Å². The van der Waals surface area contributed by atoms with Gasteiger partial charge in [-0.15, -0.1) is 0 Å². The smallest absolute Gasteiger partial charge is 0.391 e. The first kappa shape index (κ1) is 76.9. The number of quaternary nitrogens is 1. The molecule has 1 amide bonds. The number of hydrogen-bond donors (Lipinski definition) is 3. The Bertz CT molecular complexity index is 1720. The van der Waals surface area contributed by atoms with Crippen LogP contribution in [0.4, 0.5) is 0 Å². The first-order valence-corrected chi connectivity index (χ1v) is 34.4. The van der Waals surface area contributed by atoms with E-state index in [1.54, 1.807) is 0 Å². The topological polar surface area (TPSA) is 105 Å². The van der Waals surface area contributed by atoms with Gasteiger partial charge in [-0.1, -0.05) is 296 Å². The largest absolute Gasteiger partial charge is 0.472 e. The van der Waals surface area contributed by atoms with Crippen LogP contribution in [0.1, 0.15) is 271 Å². The molecule has 460 valence electrons. The lowest BCUT2D eigenvalue weighted by Gasteiger charge is -2.26. The molecule has 0 aromatic heterocycles. The standard InChI is InChI=1S/C71H125N2O6P/c1-6-8-10-12-14-16-18-20-22-24-25-26-27-28-29-30-31-32-33-34-35-36-37-38-39-40-41-42-43-44-45-46-47-49-51-53-55-57-59-61-63-65-71(75)72-69(68-79-80(76,77)78-67-66-73(3,4)5)70(74)64-62-60-58-56-54-52-50-48-23-21-19-17-15-13-11-9-7-2/h8,10,14,16,20,22,25-26,28-29,31-32,34-35,37-38,40-41,43-44,69-70,74H,6-7,9,11-13,15,17-19,21,23-24,27,30,33,36,39,42,45-68H2,1-5H3,(H-,72,75,76,77)/p+1/b10-8-,16-14-,22-20-,26-25-,29-28-,32-31-,35-34-,38-37-,41-40-,44-43-. The van der Waals surface area contributed by atoms with Crippen LogP contribution in [0.15, 0.2) is 122 Å². The number of nitrogens with one attached hydrogen (secondary N) is 1. The van der Waals surface area contributed by atoms with Crippen molar-refractivity contribution in [3.05, 3.63) is 122 Å². The van der Waals surface area contributed by atoms with E-state index in [1.807, 2.05) is 21.1 Å². The van der Waals surface area contributed by atoms with Crippen molar-refractivity contribution < 1.29 is 32.9 Å². The minimum atomic E-state index is -4.33. The number of phosphoric ester groups is 1. The molecule has 0 rings (SSSR count). The molecule has 3 N–H and O–H groups in total. The Labute approximate surface area is 494 Å². The number of allylic oxidation sites excluding steroid dienone is 20. The third kappa shape index (κ3) is 62.5. The van der Waals surface area contributed by atoms with Crippen molar-refractivity contribution in [2.75, 3.05) is 40.9 Å². The quantitative estimate of drug-likeness (QED) is 0.0243. The third-order valence-electron chi connectivity index (χ3n) is 14.2. The fraction of sp³-hybridized carbons (Fsp3) is 0.704. The highest BCUT2D eigenvalue weighted by atomic mass is 31.2. The van der Waals surface area contributed by atoms with Crippen LogP contribution in [0, 0.1) is 0 Å². The van der Waals surface area contributed by atoms with Gasteiger partial charge < -0.3 is 19.8 Å². The monoisotopic (exact) mass is 1130 g/mol. The molecular weight excluding hydrogens is 1010 g/mol. The average Bonchev–Trinajstić information content (AvgIpc) is 3.42. The van der Waals surface area contributed by atoms with Crippen molar-refractivity contribution in [2.24, 2.45) is 0 Å². The van der Waals surface area contributed by atoms with Gasteiger partial charge in [0, 0.05) is 6.42 Å². The Balaban J connectivity index is 4.07. The van der Waals surface area contributed by atoms with Gasteiger partial charge >= 0.3 is 7.82 Å². The lowest BCUT2D eigenvalue weighted by atomic mass is 10.0. The number of aliphatic hydroxyl groups is 1. The number of unbranched alkanes of at least 4 members (excludes halogenated alkanes) is 26. The number of carbonyl (C=O) groups is 1. The molecular formula is C71H126N2O6P+. The highest BCUT2D eigenvalue weighted by Gasteiger charge is 2.28. The molecule has 3 unspecified atom stereocenters. The van der Waals surface area contributed by atoms with E-state index in [0.29, 0.717) is 23.9 Å². The maximum Gasteiger partial charge on any atom is 0.472 e. The Morgan fingerprint density at radius 2 is 0.750 bits per heavy atom. The molecule has 0 radical (unpaired) electrons. The molecule has 0 spiro atoms. The fourth-order valence-corrected chi connectivity index (χ4v) is 9.87. The summed E-state index contributed by atoms with van der Waals surface area (Å²) in [5, 5.41) is 14.1. The van der Waals surface area contributed by atoms with Crippen LogP contribution in [0.25, 0.3) is 0 Å². The van der Waals surface area contributed by atoms with Crippen molar-refractivity contribution in [1.29, 1.82) is 0 Å². The van der Waals surface area contributed by atoms with E-state index in [4.69, 9.17) is 9.05 Å². The summed E-state index contributed by atoms with van der Waals surface area (Å²) in [6.45, 7) is 4.78. The fourth-order valence-electron chi connectivity index (χ4n) is 9.13. The second kappa shape index (κ2) is 60.5. The summed E-state index contributed by atoms with van der Waals surface area (Å²) >= 11 is 0. The van der Waals surface area contributed by atoms with Crippen LogP contribution in [0.2, 0.25) is 0 Å². The van der Waals surface area contributed by atoms with Gasteiger partial charge in [-0.2, -0.15) is 0 Å². The molecule has 0 saturated heterocycles. The molecule has 0 fully saturated rings. The predicted octanol–water partition coefficient (Wildman–Crippen LogP) is 20.9. The summed E-state index contributed by atoms with van der Waals surface area (Å²) in [4.78, 5) is 23.4. The Kier molecular flexibility index (Phi) is 58.1. The second-order valence-corrected chi connectivity index (χ2v) is 24.6. The van der Waals surface area contributed by atoms with Gasteiger partial charge in [0.1, 0.15) is 13.2 Å². The molecule has 80 heavy (non-hydrogen) atoms. The van der Waals surface area contributed by atoms with E-state index in [0.717, 1.165) is 109 Å². The minimum absolute atomic E-state index is 0.0693. The van der Waals surface area contributed by atoms with E-state index in [2.05, 4.69) is 141 Å². The molecule has 0 aliphatic rings. The number of likely N-dealkylation sites (N-methyl/N-ethyl adjacent to an activating group) is 1. The van der Waals surface area contributed by atoms with Gasteiger partial charge in [-0.05, 0) is 89.9 Å². The highest BCUT2D eigenvalue weighted by molar-refractivity contribution is 7.47. The van der Waals surface area contributed by atoms with Crippen LogP contribution < -0.4 is 5.32 Å². The Morgan fingerprint density at radius 3 is 1.10 bits per heavy atom. The molecule has 0 heterocycles. The molecule has 3 atom stereocenters. The Morgan fingerprint density at radius 1 is 0.438 bits per heavy atom. The summed E-state index contributed by atoms with van der Waals surface area (Å²) < 4.78 is 23.8. The van der Waals surface area contributed by atoms with Gasteiger partial charge in [0.15, 0.2) is 0 Å². The average molecular weight is 1130 g/mol. The van der Waals surface area contributed by atoms with Gasteiger partial charge in [-0.3, -0.25) is 13.8 Å². The van der Waals surface area contributed by atoms with E-state index in [9.17, 15) is 19.4 Å². The number of hydrogen-bond acceptors (Lipinski definition) is 5. The number of nitrogens with zero attached hydrogens (tertiary/aromatic N) is 1.